The van der Waals surface area contributed by atoms with Gasteiger partial charge in [-0.3, -0.25) is 4.79 Å². The predicted molar refractivity (Wildman–Crippen MR) is 186 cm³/mol. The van der Waals surface area contributed by atoms with Crippen LogP contribution in [0.15, 0.2) is 152 Å². The molecule has 0 spiro atoms. The Bertz CT molecular complexity index is 1600. The van der Waals surface area contributed by atoms with E-state index in [0.29, 0.717) is 0 Å². The highest BCUT2D eigenvalue weighted by molar-refractivity contribution is 5.66. The van der Waals surface area contributed by atoms with Gasteiger partial charge in [-0.05, 0) is 27.8 Å². The fourth-order valence-corrected chi connectivity index (χ4v) is 6.41. The average molecular weight is 659 g/mol. The second kappa shape index (κ2) is 16.7. The van der Waals surface area contributed by atoms with Gasteiger partial charge in [0.15, 0.2) is 12.4 Å². The van der Waals surface area contributed by atoms with Crippen molar-refractivity contribution in [1.29, 1.82) is 0 Å². The van der Waals surface area contributed by atoms with Gasteiger partial charge in [0.1, 0.15) is 23.9 Å². The first-order valence-corrected chi connectivity index (χ1v) is 16.6. The van der Waals surface area contributed by atoms with Gasteiger partial charge in [0.2, 0.25) is 0 Å². The topological polar surface area (TPSA) is 72.5 Å². The molecule has 0 saturated carbocycles. The van der Waals surface area contributed by atoms with Gasteiger partial charge < -0.3 is 28.4 Å². The number of hydrogen-bond acceptors (Lipinski definition) is 7. The van der Waals surface area contributed by atoms with Crippen LogP contribution in [0.3, 0.4) is 0 Å². The van der Waals surface area contributed by atoms with E-state index in [1.54, 1.807) is 7.11 Å². The lowest BCUT2D eigenvalue weighted by atomic mass is 9.80. The summed E-state index contributed by atoms with van der Waals surface area (Å²) in [5.41, 5.74) is 3.75. The van der Waals surface area contributed by atoms with Crippen LogP contribution in [-0.4, -0.2) is 50.4 Å². The van der Waals surface area contributed by atoms with Crippen LogP contribution in [0.1, 0.15) is 34.7 Å². The molecule has 1 heterocycles. The smallest absolute Gasteiger partial charge is 0.303 e. The molecule has 252 valence electrons. The molecule has 1 aliphatic heterocycles. The quantitative estimate of drug-likeness (QED) is 0.0906. The minimum atomic E-state index is -1.02. The fraction of sp³-hybridized carbons (Fsp3) is 0.262. The van der Waals surface area contributed by atoms with E-state index in [0.717, 1.165) is 27.8 Å². The standard InChI is InChI=1S/C42H42O7/c1-31(43)48-38-37(30-47-42(34-22-12-5-13-23-34,35-24-14-6-15-25-35)36-26-16-7-17-27-36)49-41(44-2)40(46-29-33-20-10-4-11-21-33)39(38)45-28-32-18-8-3-9-19-32/h3-27,37-41H,28-30H2,1-2H3/t37-,38-,39+,40-,41+/m1/s1. The summed E-state index contributed by atoms with van der Waals surface area (Å²) in [5, 5.41) is 0. The number of ether oxygens (including phenoxy) is 6. The molecule has 5 aromatic carbocycles. The molecule has 0 N–H and O–H groups in total. The third-order valence-electron chi connectivity index (χ3n) is 8.70. The predicted octanol–water partition coefficient (Wildman–Crippen LogP) is 7.47. The third-order valence-corrected chi connectivity index (χ3v) is 8.70. The summed E-state index contributed by atoms with van der Waals surface area (Å²) in [6.07, 6.45) is -3.98. The maximum Gasteiger partial charge on any atom is 0.303 e. The molecule has 0 aromatic heterocycles. The molecule has 0 bridgehead atoms. The largest absolute Gasteiger partial charge is 0.457 e. The van der Waals surface area contributed by atoms with E-state index in [4.69, 9.17) is 28.4 Å². The lowest BCUT2D eigenvalue weighted by Gasteiger charge is -2.46. The zero-order valence-corrected chi connectivity index (χ0v) is 27.8. The minimum absolute atomic E-state index is 0.0348. The lowest BCUT2D eigenvalue weighted by Crippen LogP contribution is -2.62. The summed E-state index contributed by atoms with van der Waals surface area (Å²) in [7, 11) is 1.57. The van der Waals surface area contributed by atoms with Gasteiger partial charge in [0, 0.05) is 14.0 Å². The molecule has 7 nitrogen and oxygen atoms in total. The monoisotopic (exact) mass is 658 g/mol. The Balaban J connectivity index is 1.38. The summed E-state index contributed by atoms with van der Waals surface area (Å²) < 4.78 is 38.8. The number of esters is 1. The second-order valence-electron chi connectivity index (χ2n) is 12.0. The van der Waals surface area contributed by atoms with E-state index in [9.17, 15) is 4.79 Å². The normalized spacial score (nSPS) is 20.8. The van der Waals surface area contributed by atoms with Crippen molar-refractivity contribution in [3.8, 4) is 0 Å². The van der Waals surface area contributed by atoms with E-state index in [1.807, 2.05) is 115 Å². The second-order valence-corrected chi connectivity index (χ2v) is 12.0. The molecular weight excluding hydrogens is 616 g/mol. The van der Waals surface area contributed by atoms with E-state index >= 15 is 0 Å². The zero-order valence-electron chi connectivity index (χ0n) is 27.8. The summed E-state index contributed by atoms with van der Waals surface area (Å²) in [6, 6.07) is 50.0. The van der Waals surface area contributed by atoms with Crippen LogP contribution >= 0.6 is 0 Å². The van der Waals surface area contributed by atoms with Crippen molar-refractivity contribution in [2.45, 2.75) is 56.4 Å². The van der Waals surface area contributed by atoms with Crippen molar-refractivity contribution in [3.05, 3.63) is 179 Å². The zero-order chi connectivity index (χ0) is 33.9. The minimum Gasteiger partial charge on any atom is -0.457 e. The molecule has 5 aromatic rings. The Morgan fingerprint density at radius 3 is 1.41 bits per heavy atom. The number of carbonyl (C=O) groups is 1. The van der Waals surface area contributed by atoms with Crippen molar-refractivity contribution in [3.63, 3.8) is 0 Å². The van der Waals surface area contributed by atoms with Crippen LogP contribution in [-0.2, 0) is 52.0 Å². The first kappa shape index (κ1) is 34.2. The summed E-state index contributed by atoms with van der Waals surface area (Å²) in [4.78, 5) is 12.7. The van der Waals surface area contributed by atoms with Gasteiger partial charge in [0.05, 0.1) is 19.8 Å². The Morgan fingerprint density at radius 1 is 0.592 bits per heavy atom. The van der Waals surface area contributed by atoms with Crippen LogP contribution in [0.5, 0.6) is 0 Å². The van der Waals surface area contributed by atoms with E-state index in [1.165, 1.54) is 6.92 Å². The number of methoxy groups -OCH3 is 1. The molecule has 1 fully saturated rings. The molecule has 1 saturated heterocycles. The van der Waals surface area contributed by atoms with Crippen molar-refractivity contribution in [1.82, 2.24) is 0 Å². The van der Waals surface area contributed by atoms with Gasteiger partial charge in [-0.15, -0.1) is 0 Å². The van der Waals surface area contributed by atoms with Crippen LogP contribution in [0.25, 0.3) is 0 Å². The van der Waals surface area contributed by atoms with Gasteiger partial charge in [-0.25, -0.2) is 0 Å². The Morgan fingerprint density at radius 2 is 1.00 bits per heavy atom. The van der Waals surface area contributed by atoms with Crippen molar-refractivity contribution in [2.75, 3.05) is 13.7 Å². The van der Waals surface area contributed by atoms with Crippen molar-refractivity contribution in [2.24, 2.45) is 0 Å². The molecule has 0 radical (unpaired) electrons. The lowest BCUT2D eigenvalue weighted by molar-refractivity contribution is -0.319. The van der Waals surface area contributed by atoms with E-state index in [2.05, 4.69) is 36.4 Å². The van der Waals surface area contributed by atoms with Crippen LogP contribution in [0.4, 0.5) is 0 Å². The number of benzene rings is 5. The maximum atomic E-state index is 12.7. The summed E-state index contributed by atoms with van der Waals surface area (Å²) in [6.45, 7) is 1.97. The van der Waals surface area contributed by atoms with Gasteiger partial charge in [0.25, 0.3) is 0 Å². The highest BCUT2D eigenvalue weighted by Crippen LogP contribution is 2.41. The Kier molecular flexibility index (Phi) is 11.6. The molecule has 0 aliphatic carbocycles. The van der Waals surface area contributed by atoms with E-state index in [-0.39, 0.29) is 19.8 Å². The molecule has 49 heavy (non-hydrogen) atoms. The number of carbonyl (C=O) groups excluding carboxylic acids is 1. The molecule has 0 unspecified atom stereocenters. The average Bonchev–Trinajstić information content (AvgIpc) is 3.16. The van der Waals surface area contributed by atoms with Crippen LogP contribution < -0.4 is 0 Å². The molecule has 1 aliphatic rings. The fourth-order valence-electron chi connectivity index (χ4n) is 6.41. The number of rotatable bonds is 14. The highest BCUT2D eigenvalue weighted by atomic mass is 16.7. The first-order chi connectivity index (χ1) is 24.1. The van der Waals surface area contributed by atoms with Gasteiger partial charge in [-0.1, -0.05) is 152 Å². The highest BCUT2D eigenvalue weighted by Gasteiger charge is 2.51. The molecule has 5 atom stereocenters. The van der Waals surface area contributed by atoms with Crippen LogP contribution in [0.2, 0.25) is 0 Å². The molecular formula is C42H42O7. The molecule has 7 heteroatoms. The Hall–Kier alpha value is -4.63. The SMILES string of the molecule is CO[C@H]1O[C@H](COC(c2ccccc2)(c2ccccc2)c2ccccc2)[C@@H](OC(C)=O)[C@H](OCc2ccccc2)[C@H]1OCc1ccccc1. The molecule has 6 rings (SSSR count). The van der Waals surface area contributed by atoms with Crippen LogP contribution in [0, 0.1) is 0 Å². The first-order valence-electron chi connectivity index (χ1n) is 16.6. The summed E-state index contributed by atoms with van der Waals surface area (Å²) in [5.74, 6) is -0.468. The van der Waals surface area contributed by atoms with Gasteiger partial charge >= 0.3 is 5.97 Å². The Labute approximate surface area is 288 Å². The maximum absolute atomic E-state index is 12.7. The van der Waals surface area contributed by atoms with Gasteiger partial charge in [-0.2, -0.15) is 0 Å². The number of hydrogen-bond donors (Lipinski definition) is 0. The van der Waals surface area contributed by atoms with Crippen molar-refractivity contribution >= 4 is 5.97 Å². The van der Waals surface area contributed by atoms with E-state index < -0.39 is 42.3 Å². The van der Waals surface area contributed by atoms with Crippen molar-refractivity contribution < 1.29 is 33.2 Å². The summed E-state index contributed by atoms with van der Waals surface area (Å²) >= 11 is 0. The third kappa shape index (κ3) is 8.16. The molecule has 0 amide bonds.